The minimum absolute atomic E-state index is 0.00624. The number of nitro groups is 1. The highest BCUT2D eigenvalue weighted by atomic mass is 28.3. The highest BCUT2D eigenvalue weighted by molar-refractivity contribution is 6.91. The quantitative estimate of drug-likeness (QED) is 0.202. The molecule has 5 rings (SSSR count). The van der Waals surface area contributed by atoms with E-state index in [1.54, 1.807) is 18.1 Å². The van der Waals surface area contributed by atoms with Gasteiger partial charge in [0, 0.05) is 42.4 Å². The number of rotatable bonds is 10. The molecule has 43 heavy (non-hydrogen) atoms. The Hall–Kier alpha value is -4.06. The highest BCUT2D eigenvalue weighted by Crippen LogP contribution is 2.59. The van der Waals surface area contributed by atoms with Crippen molar-refractivity contribution in [2.75, 3.05) is 25.6 Å². The third-order valence-electron chi connectivity index (χ3n) is 9.10. The average molecular weight is 604 g/mol. The monoisotopic (exact) mass is 603 g/mol. The van der Waals surface area contributed by atoms with Gasteiger partial charge in [0.1, 0.15) is 5.75 Å². The Labute approximate surface area is 251 Å². The maximum Gasteiger partial charge on any atom is 0.269 e. The van der Waals surface area contributed by atoms with E-state index in [0.29, 0.717) is 17.8 Å². The number of aliphatic hydroxyl groups is 1. The molecule has 2 N–H and O–H groups in total. The predicted octanol–water partition coefficient (Wildman–Crippen LogP) is 4.18. The van der Waals surface area contributed by atoms with Crippen LogP contribution in [-0.2, 0) is 26.5 Å². The molecule has 2 heterocycles. The lowest BCUT2D eigenvalue weighted by molar-refractivity contribution is -0.385. The van der Waals surface area contributed by atoms with E-state index in [0.717, 1.165) is 16.5 Å². The van der Waals surface area contributed by atoms with Gasteiger partial charge >= 0.3 is 0 Å². The Kier molecular flexibility index (Phi) is 8.42. The molecule has 0 aliphatic carbocycles. The van der Waals surface area contributed by atoms with E-state index in [-0.39, 0.29) is 42.6 Å². The first-order chi connectivity index (χ1) is 20.5. The van der Waals surface area contributed by atoms with E-state index >= 15 is 0 Å². The maximum absolute atomic E-state index is 13.9. The first-order valence-electron chi connectivity index (χ1n) is 14.4. The second-order valence-corrected chi connectivity index (χ2v) is 16.5. The van der Waals surface area contributed by atoms with E-state index in [2.05, 4.69) is 18.4 Å². The molecule has 2 aliphatic rings. The van der Waals surface area contributed by atoms with Gasteiger partial charge in [0.05, 0.1) is 39.2 Å². The van der Waals surface area contributed by atoms with Crippen LogP contribution in [0.1, 0.15) is 24.5 Å². The normalized spacial score (nSPS) is 22.7. The summed E-state index contributed by atoms with van der Waals surface area (Å²) in [4.78, 5) is 40.6. The van der Waals surface area contributed by atoms with Crippen LogP contribution in [0.3, 0.4) is 0 Å². The summed E-state index contributed by atoms with van der Waals surface area (Å²) >= 11 is 0. The fourth-order valence-corrected chi connectivity index (χ4v) is 11.0. The summed E-state index contributed by atoms with van der Waals surface area (Å²) < 4.78 is 12.1. The summed E-state index contributed by atoms with van der Waals surface area (Å²) in [6.45, 7) is 6.64. The first-order valence-corrected chi connectivity index (χ1v) is 17.5. The number of fused-ring (bicyclic) bond motifs is 2. The number of hydrogen-bond acceptors (Lipinski definition) is 7. The summed E-state index contributed by atoms with van der Waals surface area (Å²) in [7, 11) is -0.887. The molecule has 11 heteroatoms. The molecule has 1 spiro atoms. The van der Waals surface area contributed by atoms with Gasteiger partial charge in [-0.1, -0.05) is 67.7 Å². The molecule has 0 aromatic heterocycles. The van der Waals surface area contributed by atoms with Gasteiger partial charge in [-0.3, -0.25) is 19.7 Å². The van der Waals surface area contributed by atoms with Crippen LogP contribution in [0.2, 0.25) is 18.6 Å². The predicted molar refractivity (Wildman–Crippen MR) is 165 cm³/mol. The van der Waals surface area contributed by atoms with Crippen LogP contribution in [0.25, 0.3) is 0 Å². The van der Waals surface area contributed by atoms with Gasteiger partial charge < -0.3 is 24.8 Å². The Morgan fingerprint density at radius 1 is 1.14 bits per heavy atom. The maximum atomic E-state index is 13.9. The summed E-state index contributed by atoms with van der Waals surface area (Å²) in [6.07, 6.45) is -0.660. The van der Waals surface area contributed by atoms with E-state index in [4.69, 9.17) is 9.47 Å². The molecule has 1 saturated heterocycles. The SMILES string of the molecule is COc1ccc([Si](C)(C)[C@H]2[C@H](CC(=O)N(CCO)Cc3ccccc3)O[C@@]3(C(=O)Nc4ccc([N+](=O)[O-])cc43)[C@@H]2C)cc1. The summed E-state index contributed by atoms with van der Waals surface area (Å²) in [6, 6.07) is 21.8. The van der Waals surface area contributed by atoms with E-state index in [1.165, 1.54) is 12.1 Å². The fraction of sp³-hybridized carbons (Fsp3) is 0.375. The van der Waals surface area contributed by atoms with Crippen LogP contribution in [0, 0.1) is 16.0 Å². The largest absolute Gasteiger partial charge is 0.497 e. The lowest BCUT2D eigenvalue weighted by Gasteiger charge is -2.37. The van der Waals surface area contributed by atoms with Crippen molar-refractivity contribution in [2.45, 2.75) is 50.2 Å². The molecule has 2 amide bonds. The van der Waals surface area contributed by atoms with Gasteiger partial charge in [-0.05, 0) is 29.3 Å². The Bertz CT molecular complexity index is 1520. The third kappa shape index (κ3) is 5.44. The smallest absolute Gasteiger partial charge is 0.269 e. The third-order valence-corrected chi connectivity index (χ3v) is 13.5. The average Bonchev–Trinajstić information content (AvgIpc) is 3.45. The fourth-order valence-electron chi connectivity index (χ4n) is 6.95. The summed E-state index contributed by atoms with van der Waals surface area (Å²) in [5.41, 5.74) is -0.00567. The van der Waals surface area contributed by atoms with Gasteiger partial charge in [0.15, 0.2) is 5.60 Å². The number of hydrogen-bond donors (Lipinski definition) is 2. The molecule has 0 bridgehead atoms. The second kappa shape index (κ2) is 11.9. The molecule has 0 saturated carbocycles. The number of ether oxygens (including phenoxy) is 2. The van der Waals surface area contributed by atoms with Crippen molar-refractivity contribution in [3.05, 3.63) is 94.0 Å². The number of benzene rings is 3. The first kappa shape index (κ1) is 30.4. The lowest BCUT2D eigenvalue weighted by atomic mass is 9.82. The standard InChI is InChI=1S/C32H37N3O7Si/c1-21-30(43(3,4)25-13-11-24(41-2)12-14-25)28(19-29(37)34(16-17-36)20-22-8-6-5-7-9-22)42-32(21)26-18-23(35(39)40)10-15-27(26)33-31(32)38/h5-15,18,21,28,30,36H,16-17,19-20H2,1-4H3,(H,33,38)/t21-,28+,30-,32+/m1/s1. The second-order valence-electron chi connectivity index (χ2n) is 11.8. The Morgan fingerprint density at radius 2 is 1.84 bits per heavy atom. The number of carbonyl (C=O) groups is 2. The molecule has 4 atom stereocenters. The van der Waals surface area contributed by atoms with Gasteiger partial charge in [-0.25, -0.2) is 0 Å². The zero-order valence-electron chi connectivity index (χ0n) is 24.8. The minimum Gasteiger partial charge on any atom is -0.497 e. The van der Waals surface area contributed by atoms with Crippen LogP contribution in [0.5, 0.6) is 5.75 Å². The lowest BCUT2D eigenvalue weighted by Crippen LogP contribution is -2.52. The van der Waals surface area contributed by atoms with Crippen molar-refractivity contribution in [1.82, 2.24) is 4.90 Å². The Morgan fingerprint density at radius 3 is 2.47 bits per heavy atom. The van der Waals surface area contributed by atoms with E-state index in [9.17, 15) is 24.8 Å². The number of anilines is 1. The van der Waals surface area contributed by atoms with Crippen molar-refractivity contribution < 1.29 is 29.1 Å². The van der Waals surface area contributed by atoms with Gasteiger partial charge in [-0.15, -0.1) is 0 Å². The van der Waals surface area contributed by atoms with Crippen molar-refractivity contribution in [3.63, 3.8) is 0 Å². The van der Waals surface area contributed by atoms with E-state index < -0.39 is 30.6 Å². The topological polar surface area (TPSA) is 131 Å². The number of amides is 2. The van der Waals surface area contributed by atoms with Crippen LogP contribution in [-0.4, -0.2) is 61.2 Å². The number of carbonyl (C=O) groups excluding carboxylic acids is 2. The van der Waals surface area contributed by atoms with Crippen molar-refractivity contribution >= 4 is 36.4 Å². The van der Waals surface area contributed by atoms with Crippen LogP contribution in [0.4, 0.5) is 11.4 Å². The molecule has 10 nitrogen and oxygen atoms in total. The molecule has 3 aromatic carbocycles. The molecule has 0 unspecified atom stereocenters. The number of methoxy groups -OCH3 is 1. The van der Waals surface area contributed by atoms with Gasteiger partial charge in [-0.2, -0.15) is 0 Å². The number of nitrogens with zero attached hydrogens (tertiary/aromatic N) is 2. The van der Waals surface area contributed by atoms with Crippen LogP contribution in [0.15, 0.2) is 72.8 Å². The molecule has 2 aliphatic heterocycles. The Balaban J connectivity index is 1.56. The van der Waals surface area contributed by atoms with E-state index in [1.807, 2.05) is 61.5 Å². The van der Waals surface area contributed by atoms with Gasteiger partial charge in [0.2, 0.25) is 5.91 Å². The number of nitro benzene ring substituents is 1. The number of non-ortho nitro benzene ring substituents is 1. The summed E-state index contributed by atoms with van der Waals surface area (Å²) in [5, 5.41) is 25.5. The molecule has 0 radical (unpaired) electrons. The zero-order chi connectivity index (χ0) is 30.9. The molecule has 226 valence electrons. The van der Waals surface area contributed by atoms with Crippen molar-refractivity contribution in [2.24, 2.45) is 5.92 Å². The van der Waals surface area contributed by atoms with Crippen molar-refractivity contribution in [1.29, 1.82) is 0 Å². The zero-order valence-corrected chi connectivity index (χ0v) is 25.8. The molecule has 3 aromatic rings. The van der Waals surface area contributed by atoms with Crippen molar-refractivity contribution in [3.8, 4) is 5.75 Å². The van der Waals surface area contributed by atoms with Crippen LogP contribution < -0.4 is 15.2 Å². The highest BCUT2D eigenvalue weighted by Gasteiger charge is 2.65. The number of aliphatic hydroxyl groups excluding tert-OH is 1. The number of nitrogens with one attached hydrogen (secondary N) is 1. The molecule has 1 fully saturated rings. The minimum atomic E-state index is -2.50. The summed E-state index contributed by atoms with van der Waals surface area (Å²) in [5.74, 6) is -0.261. The van der Waals surface area contributed by atoms with Crippen LogP contribution >= 0.6 is 0 Å². The molecular formula is C32H37N3O7Si. The van der Waals surface area contributed by atoms with Gasteiger partial charge in [0.25, 0.3) is 11.6 Å². The molecular weight excluding hydrogens is 566 g/mol.